The van der Waals surface area contributed by atoms with Gasteiger partial charge in [-0.25, -0.2) is 0 Å². The zero-order valence-electron chi connectivity index (χ0n) is 8.66. The van der Waals surface area contributed by atoms with Crippen LogP contribution in [0, 0.1) is 0 Å². The molecule has 1 heterocycles. The standard InChI is InChI=1S/C10H9N3OS3/c14-10(12-15)8-3-1-7(2-4-8)6-16-9-5-11-17-13-9/h1-5,15H,6H2,(H,12,14). The highest BCUT2D eigenvalue weighted by Crippen LogP contribution is 2.20. The number of amides is 1. The number of carbonyl (C=O) groups excluding carboxylic acids is 1. The molecule has 0 bridgehead atoms. The van der Waals surface area contributed by atoms with Gasteiger partial charge in [-0.3, -0.25) is 9.52 Å². The predicted octanol–water partition coefficient (Wildman–Crippen LogP) is 2.41. The van der Waals surface area contributed by atoms with E-state index < -0.39 is 0 Å². The average Bonchev–Trinajstić information content (AvgIpc) is 2.89. The summed E-state index contributed by atoms with van der Waals surface area (Å²) in [5, 5.41) is 0.923. The Morgan fingerprint density at radius 2 is 2.18 bits per heavy atom. The van der Waals surface area contributed by atoms with Gasteiger partial charge in [-0.2, -0.15) is 8.75 Å². The first-order valence-corrected chi connectivity index (χ1v) is 6.89. The van der Waals surface area contributed by atoms with Crippen LogP contribution >= 0.6 is 36.3 Å². The van der Waals surface area contributed by atoms with E-state index in [0.717, 1.165) is 16.3 Å². The third-order valence-corrected chi connectivity index (χ3v) is 3.81. The summed E-state index contributed by atoms with van der Waals surface area (Å²) in [6, 6.07) is 7.40. The first-order valence-electron chi connectivity index (χ1n) is 4.73. The summed E-state index contributed by atoms with van der Waals surface area (Å²) in [4.78, 5) is 11.3. The van der Waals surface area contributed by atoms with Crippen LogP contribution in [-0.2, 0) is 5.75 Å². The van der Waals surface area contributed by atoms with Crippen molar-refractivity contribution in [2.45, 2.75) is 10.8 Å². The molecule has 0 saturated carbocycles. The Kier molecular flexibility index (Phi) is 4.41. The maximum Gasteiger partial charge on any atom is 0.260 e. The molecule has 7 heteroatoms. The van der Waals surface area contributed by atoms with Gasteiger partial charge in [0, 0.05) is 11.3 Å². The molecule has 1 N–H and O–H groups in total. The van der Waals surface area contributed by atoms with Crippen molar-refractivity contribution in [1.82, 2.24) is 13.5 Å². The number of nitrogens with one attached hydrogen (secondary N) is 1. The van der Waals surface area contributed by atoms with E-state index in [4.69, 9.17) is 0 Å². The fraction of sp³-hybridized carbons (Fsp3) is 0.100. The number of nitrogens with zero attached hydrogens (tertiary/aromatic N) is 2. The Morgan fingerprint density at radius 1 is 1.41 bits per heavy atom. The highest BCUT2D eigenvalue weighted by molar-refractivity contribution is 7.98. The second-order valence-corrected chi connectivity index (χ2v) is 4.95. The Morgan fingerprint density at radius 3 is 2.76 bits per heavy atom. The van der Waals surface area contributed by atoms with Gasteiger partial charge >= 0.3 is 0 Å². The molecule has 0 atom stereocenters. The molecule has 4 nitrogen and oxygen atoms in total. The Bertz CT molecular complexity index is 484. The minimum atomic E-state index is -0.198. The van der Waals surface area contributed by atoms with Crippen molar-refractivity contribution in [2.24, 2.45) is 0 Å². The van der Waals surface area contributed by atoms with Gasteiger partial charge in [-0.15, -0.1) is 0 Å². The smallest absolute Gasteiger partial charge is 0.260 e. The molecule has 2 aromatic rings. The van der Waals surface area contributed by atoms with Crippen molar-refractivity contribution >= 4 is 42.2 Å². The molecule has 0 spiro atoms. The van der Waals surface area contributed by atoms with Crippen LogP contribution in [0.4, 0.5) is 0 Å². The number of benzene rings is 1. The fourth-order valence-electron chi connectivity index (χ4n) is 1.19. The maximum atomic E-state index is 11.3. The number of thioether (sulfide) groups is 1. The van der Waals surface area contributed by atoms with E-state index >= 15 is 0 Å². The Labute approximate surface area is 113 Å². The lowest BCUT2D eigenvalue weighted by Gasteiger charge is -2.01. The summed E-state index contributed by atoms with van der Waals surface area (Å²) >= 11 is 6.54. The van der Waals surface area contributed by atoms with Crippen molar-refractivity contribution in [3.05, 3.63) is 41.6 Å². The van der Waals surface area contributed by atoms with E-state index in [2.05, 4.69) is 26.3 Å². The molecule has 1 aromatic heterocycles. The number of hydrogen-bond donors (Lipinski definition) is 2. The molecule has 1 aromatic carbocycles. The normalized spacial score (nSPS) is 10.2. The summed E-state index contributed by atoms with van der Waals surface area (Å²) in [6.45, 7) is 0. The molecule has 88 valence electrons. The van der Waals surface area contributed by atoms with Gasteiger partial charge in [0.25, 0.3) is 5.91 Å². The van der Waals surface area contributed by atoms with Crippen molar-refractivity contribution in [3.63, 3.8) is 0 Å². The lowest BCUT2D eigenvalue weighted by molar-refractivity contribution is 0.0985. The molecule has 0 aliphatic rings. The number of thiol groups is 1. The van der Waals surface area contributed by atoms with Crippen molar-refractivity contribution in [1.29, 1.82) is 0 Å². The highest BCUT2D eigenvalue weighted by atomic mass is 32.2. The lowest BCUT2D eigenvalue weighted by Crippen LogP contribution is -2.12. The van der Waals surface area contributed by atoms with E-state index in [-0.39, 0.29) is 5.91 Å². The lowest BCUT2D eigenvalue weighted by atomic mass is 10.1. The quantitative estimate of drug-likeness (QED) is 0.668. The number of carbonyl (C=O) groups is 1. The second kappa shape index (κ2) is 6.04. The minimum Gasteiger partial charge on any atom is -0.299 e. The molecule has 17 heavy (non-hydrogen) atoms. The summed E-state index contributed by atoms with van der Waals surface area (Å²) < 4.78 is 10.3. The molecule has 0 aliphatic carbocycles. The average molecular weight is 283 g/mol. The van der Waals surface area contributed by atoms with Gasteiger partial charge in [0.1, 0.15) is 5.03 Å². The number of hydrogen-bond acceptors (Lipinski definition) is 6. The van der Waals surface area contributed by atoms with Gasteiger partial charge in [0.2, 0.25) is 0 Å². The van der Waals surface area contributed by atoms with Crippen LogP contribution in [0.15, 0.2) is 35.5 Å². The topological polar surface area (TPSA) is 54.9 Å². The summed E-state index contributed by atoms with van der Waals surface area (Å²) in [5.74, 6) is 0.616. The summed E-state index contributed by atoms with van der Waals surface area (Å²) in [5.41, 5.74) is 1.74. The largest absolute Gasteiger partial charge is 0.299 e. The zero-order chi connectivity index (χ0) is 12.1. The molecule has 1 amide bonds. The number of rotatable bonds is 4. The van der Waals surface area contributed by atoms with Crippen LogP contribution in [0.25, 0.3) is 0 Å². The third-order valence-electron chi connectivity index (χ3n) is 2.05. The van der Waals surface area contributed by atoms with Crippen molar-refractivity contribution < 1.29 is 4.79 Å². The van der Waals surface area contributed by atoms with Gasteiger partial charge < -0.3 is 0 Å². The van der Waals surface area contributed by atoms with Crippen molar-refractivity contribution in [2.75, 3.05) is 0 Å². The van der Waals surface area contributed by atoms with Crippen LogP contribution in [0.3, 0.4) is 0 Å². The Balaban J connectivity index is 1.96. The van der Waals surface area contributed by atoms with Gasteiger partial charge in [0.05, 0.1) is 17.9 Å². The van der Waals surface area contributed by atoms with Gasteiger partial charge in [-0.05, 0) is 17.7 Å². The van der Waals surface area contributed by atoms with Crippen LogP contribution in [0.2, 0.25) is 0 Å². The monoisotopic (exact) mass is 283 g/mol. The van der Waals surface area contributed by atoms with E-state index in [1.165, 1.54) is 11.7 Å². The van der Waals surface area contributed by atoms with Crippen LogP contribution in [-0.4, -0.2) is 14.7 Å². The van der Waals surface area contributed by atoms with E-state index in [9.17, 15) is 4.79 Å². The molecule has 2 rings (SSSR count). The Hall–Kier alpha value is -1.05. The molecule has 0 radical (unpaired) electrons. The van der Waals surface area contributed by atoms with Crippen LogP contribution < -0.4 is 4.72 Å². The van der Waals surface area contributed by atoms with E-state index in [0.29, 0.717) is 5.56 Å². The number of aromatic nitrogens is 2. The van der Waals surface area contributed by atoms with Crippen LogP contribution in [0.1, 0.15) is 15.9 Å². The third kappa shape index (κ3) is 3.45. The summed E-state index contributed by atoms with van der Waals surface area (Å²) in [7, 11) is 0. The fourth-order valence-corrected chi connectivity index (χ4v) is 2.66. The molecule has 0 saturated heterocycles. The SMILES string of the molecule is O=C(NS)c1ccc(CSc2cnsn2)cc1. The summed E-state index contributed by atoms with van der Waals surface area (Å²) in [6.07, 6.45) is 1.75. The second-order valence-electron chi connectivity index (χ2n) is 3.17. The molecule has 0 fully saturated rings. The van der Waals surface area contributed by atoms with Crippen LogP contribution in [0.5, 0.6) is 0 Å². The van der Waals surface area contributed by atoms with Gasteiger partial charge in [-0.1, -0.05) is 36.7 Å². The van der Waals surface area contributed by atoms with E-state index in [1.807, 2.05) is 12.1 Å². The molecular formula is C10H9N3OS3. The van der Waals surface area contributed by atoms with Gasteiger partial charge in [0.15, 0.2) is 0 Å². The first kappa shape index (κ1) is 12.4. The molecular weight excluding hydrogens is 274 g/mol. The highest BCUT2D eigenvalue weighted by Gasteiger charge is 2.03. The first-order chi connectivity index (χ1) is 8.29. The molecule has 0 unspecified atom stereocenters. The zero-order valence-corrected chi connectivity index (χ0v) is 11.2. The molecule has 0 aliphatic heterocycles. The maximum absolute atomic E-state index is 11.3. The minimum absolute atomic E-state index is 0.198. The van der Waals surface area contributed by atoms with E-state index in [1.54, 1.807) is 30.1 Å². The van der Waals surface area contributed by atoms with Crippen molar-refractivity contribution in [3.8, 4) is 0 Å². The predicted molar refractivity (Wildman–Crippen MR) is 72.4 cm³/mol.